The summed E-state index contributed by atoms with van der Waals surface area (Å²) in [5, 5.41) is 9.59. The van der Waals surface area contributed by atoms with Crippen molar-refractivity contribution in [3.05, 3.63) is 48.6 Å². The van der Waals surface area contributed by atoms with E-state index in [9.17, 15) is 9.90 Å². The van der Waals surface area contributed by atoms with Gasteiger partial charge in [0.25, 0.3) is 0 Å². The van der Waals surface area contributed by atoms with Gasteiger partial charge in [-0.3, -0.25) is 4.79 Å². The number of ether oxygens (including phenoxy) is 2. The van der Waals surface area contributed by atoms with E-state index < -0.39 is 6.10 Å². The lowest BCUT2D eigenvalue weighted by atomic mass is 10.0. The van der Waals surface area contributed by atoms with Crippen molar-refractivity contribution < 1.29 is 19.4 Å². The molecule has 0 aromatic rings. The SMILES string of the molecule is CC/C=C\C/C=C\C/C=C\CCCCCCOCC(CO)OC(=O)CCCCCCCCCCCCCCC/C=C\CCCCCCCCCC. The summed E-state index contributed by atoms with van der Waals surface area (Å²) in [5.41, 5.74) is 0. The Morgan fingerprint density at radius 1 is 0.490 bits per heavy atom. The minimum Gasteiger partial charge on any atom is -0.457 e. The lowest BCUT2D eigenvalue weighted by molar-refractivity contribution is -0.154. The fourth-order valence-electron chi connectivity index (χ4n) is 6.34. The molecule has 1 N–H and O–H groups in total. The van der Waals surface area contributed by atoms with Crippen molar-refractivity contribution in [3.63, 3.8) is 0 Å². The highest BCUT2D eigenvalue weighted by atomic mass is 16.6. The summed E-state index contributed by atoms with van der Waals surface area (Å²) >= 11 is 0. The van der Waals surface area contributed by atoms with E-state index in [4.69, 9.17) is 9.47 Å². The third kappa shape index (κ3) is 42.7. The van der Waals surface area contributed by atoms with Gasteiger partial charge in [-0.25, -0.2) is 0 Å². The zero-order valence-electron chi connectivity index (χ0n) is 34.1. The topological polar surface area (TPSA) is 55.8 Å². The summed E-state index contributed by atoms with van der Waals surface area (Å²) in [5.74, 6) is -0.208. The Morgan fingerprint density at radius 3 is 1.35 bits per heavy atom. The van der Waals surface area contributed by atoms with Crippen LogP contribution >= 0.6 is 0 Å². The lowest BCUT2D eigenvalue weighted by Crippen LogP contribution is -2.27. The molecule has 0 amide bonds. The molecule has 51 heavy (non-hydrogen) atoms. The van der Waals surface area contributed by atoms with Crippen molar-refractivity contribution in [3.8, 4) is 0 Å². The van der Waals surface area contributed by atoms with Crippen molar-refractivity contribution in [1.29, 1.82) is 0 Å². The molecular formula is C47H86O4. The number of aliphatic hydroxyl groups excluding tert-OH is 1. The molecule has 0 spiro atoms. The molecule has 0 aromatic heterocycles. The van der Waals surface area contributed by atoms with Gasteiger partial charge >= 0.3 is 5.97 Å². The largest absolute Gasteiger partial charge is 0.457 e. The number of carbonyl (C=O) groups excluding carboxylic acids is 1. The fraction of sp³-hybridized carbons (Fsp3) is 0.809. The molecule has 4 nitrogen and oxygen atoms in total. The van der Waals surface area contributed by atoms with Gasteiger partial charge < -0.3 is 14.6 Å². The van der Waals surface area contributed by atoms with Gasteiger partial charge in [0, 0.05) is 13.0 Å². The first-order chi connectivity index (χ1) is 25.2. The van der Waals surface area contributed by atoms with Crippen LogP contribution in [0.1, 0.15) is 219 Å². The number of esters is 1. The number of aliphatic hydroxyl groups is 1. The normalized spacial score (nSPS) is 12.8. The fourth-order valence-corrected chi connectivity index (χ4v) is 6.34. The molecule has 0 fully saturated rings. The molecule has 1 atom stereocenters. The van der Waals surface area contributed by atoms with Crippen LogP contribution in [0.25, 0.3) is 0 Å². The van der Waals surface area contributed by atoms with Gasteiger partial charge in [-0.1, -0.05) is 191 Å². The molecule has 4 heteroatoms. The van der Waals surface area contributed by atoms with E-state index in [0.717, 1.165) is 51.4 Å². The van der Waals surface area contributed by atoms with Crippen LogP contribution < -0.4 is 0 Å². The molecule has 0 rings (SSSR count). The number of allylic oxidation sites excluding steroid dienone is 8. The molecule has 1 unspecified atom stereocenters. The second kappa shape index (κ2) is 44.5. The summed E-state index contributed by atoms with van der Waals surface area (Å²) in [6.07, 6.45) is 57.6. The average Bonchev–Trinajstić information content (AvgIpc) is 3.14. The number of rotatable bonds is 41. The smallest absolute Gasteiger partial charge is 0.306 e. The number of unbranched alkanes of at least 4 members (excludes halogenated alkanes) is 25. The third-order valence-electron chi connectivity index (χ3n) is 9.64. The number of hydrogen-bond donors (Lipinski definition) is 1. The molecular weight excluding hydrogens is 629 g/mol. The van der Waals surface area contributed by atoms with Crippen LogP contribution in [0, 0.1) is 0 Å². The zero-order chi connectivity index (χ0) is 37.0. The minimum absolute atomic E-state index is 0.181. The van der Waals surface area contributed by atoms with Crippen LogP contribution in [-0.4, -0.2) is 37.0 Å². The third-order valence-corrected chi connectivity index (χ3v) is 9.64. The first-order valence-electron chi connectivity index (χ1n) is 22.2. The van der Waals surface area contributed by atoms with Crippen LogP contribution in [-0.2, 0) is 14.3 Å². The van der Waals surface area contributed by atoms with Crippen molar-refractivity contribution in [2.45, 2.75) is 225 Å². The molecule has 0 aliphatic heterocycles. The maximum Gasteiger partial charge on any atom is 0.306 e. The summed E-state index contributed by atoms with van der Waals surface area (Å²) in [4.78, 5) is 12.2. The Balaban J connectivity index is 3.41. The first kappa shape index (κ1) is 49.4. The maximum absolute atomic E-state index is 12.2. The Kier molecular flexibility index (Phi) is 43.1. The van der Waals surface area contributed by atoms with Gasteiger partial charge in [0.1, 0.15) is 6.10 Å². The molecule has 0 saturated carbocycles. The molecule has 0 aromatic carbocycles. The predicted octanol–water partition coefficient (Wildman–Crippen LogP) is 14.7. The molecule has 0 aliphatic carbocycles. The van der Waals surface area contributed by atoms with E-state index in [1.165, 1.54) is 148 Å². The highest BCUT2D eigenvalue weighted by molar-refractivity contribution is 5.69. The van der Waals surface area contributed by atoms with Gasteiger partial charge in [0.2, 0.25) is 0 Å². The summed E-state index contributed by atoms with van der Waals surface area (Å²) in [6.45, 7) is 5.20. The van der Waals surface area contributed by atoms with Crippen molar-refractivity contribution >= 4 is 5.97 Å². The average molecular weight is 715 g/mol. The molecule has 0 bridgehead atoms. The van der Waals surface area contributed by atoms with Gasteiger partial charge in [-0.05, 0) is 70.6 Å². The highest BCUT2D eigenvalue weighted by Crippen LogP contribution is 2.15. The van der Waals surface area contributed by atoms with E-state index in [2.05, 4.69) is 62.5 Å². The summed E-state index contributed by atoms with van der Waals surface area (Å²) < 4.78 is 11.1. The molecule has 0 radical (unpaired) electrons. The Labute approximate surface area is 318 Å². The van der Waals surface area contributed by atoms with Crippen molar-refractivity contribution in [2.75, 3.05) is 19.8 Å². The van der Waals surface area contributed by atoms with Crippen LogP contribution in [0.3, 0.4) is 0 Å². The predicted molar refractivity (Wildman–Crippen MR) is 223 cm³/mol. The highest BCUT2D eigenvalue weighted by Gasteiger charge is 2.13. The second-order valence-electron chi connectivity index (χ2n) is 14.7. The second-order valence-corrected chi connectivity index (χ2v) is 14.7. The first-order valence-corrected chi connectivity index (χ1v) is 22.2. The van der Waals surface area contributed by atoms with Gasteiger partial charge in [0.05, 0.1) is 13.2 Å². The molecule has 0 saturated heterocycles. The van der Waals surface area contributed by atoms with E-state index in [0.29, 0.717) is 13.0 Å². The monoisotopic (exact) mass is 715 g/mol. The summed E-state index contributed by atoms with van der Waals surface area (Å²) in [7, 11) is 0. The minimum atomic E-state index is -0.546. The quantitative estimate of drug-likeness (QED) is 0.0389. The molecule has 298 valence electrons. The zero-order valence-corrected chi connectivity index (χ0v) is 34.1. The molecule has 0 aliphatic rings. The summed E-state index contributed by atoms with van der Waals surface area (Å²) in [6, 6.07) is 0. The Morgan fingerprint density at radius 2 is 0.882 bits per heavy atom. The van der Waals surface area contributed by atoms with E-state index in [1.807, 2.05) is 0 Å². The van der Waals surface area contributed by atoms with Crippen molar-refractivity contribution in [1.82, 2.24) is 0 Å². The van der Waals surface area contributed by atoms with E-state index in [1.54, 1.807) is 0 Å². The molecule has 0 heterocycles. The van der Waals surface area contributed by atoms with Gasteiger partial charge in [-0.2, -0.15) is 0 Å². The van der Waals surface area contributed by atoms with Gasteiger partial charge in [-0.15, -0.1) is 0 Å². The van der Waals surface area contributed by atoms with Crippen LogP contribution in [0.15, 0.2) is 48.6 Å². The maximum atomic E-state index is 12.2. The van der Waals surface area contributed by atoms with Crippen LogP contribution in [0.5, 0.6) is 0 Å². The lowest BCUT2D eigenvalue weighted by Gasteiger charge is -2.15. The van der Waals surface area contributed by atoms with Crippen LogP contribution in [0.2, 0.25) is 0 Å². The van der Waals surface area contributed by atoms with Gasteiger partial charge in [0.15, 0.2) is 0 Å². The Bertz CT molecular complexity index is 798. The van der Waals surface area contributed by atoms with Crippen molar-refractivity contribution in [2.24, 2.45) is 0 Å². The van der Waals surface area contributed by atoms with Crippen LogP contribution in [0.4, 0.5) is 0 Å². The number of hydrogen-bond acceptors (Lipinski definition) is 4. The standard InChI is InChI=1S/C47H86O4/c1-3-5-7-9-11-13-15-17-19-20-21-22-23-24-25-26-27-28-29-30-32-34-36-38-40-42-47(49)51-46(44-48)45-50-43-41-39-37-35-33-31-18-16-14-12-10-8-6-4-2/h6,8,12,14,18,20-21,31,46,48H,3-5,7,9-11,13,15-17,19,22-30,32-45H2,1-2H3/b8-6-,14-12-,21-20-,31-18-. The number of carbonyl (C=O) groups is 1. The van der Waals surface area contributed by atoms with E-state index in [-0.39, 0.29) is 19.2 Å². The Hall–Kier alpha value is -1.65. The van der Waals surface area contributed by atoms with E-state index >= 15 is 0 Å².